The van der Waals surface area contributed by atoms with Gasteiger partial charge < -0.3 is 13.7 Å². The molecule has 0 unspecified atom stereocenters. The first-order valence-electron chi connectivity index (χ1n) is 14.5. The van der Waals surface area contributed by atoms with Crippen molar-refractivity contribution in [3.63, 3.8) is 0 Å². The largest absolute Gasteiger partial charge is 0.456 e. The van der Waals surface area contributed by atoms with E-state index in [1.165, 1.54) is 10.8 Å². The van der Waals surface area contributed by atoms with E-state index in [-0.39, 0.29) is 0 Å². The number of furan rings is 2. The molecule has 0 atom stereocenters. The van der Waals surface area contributed by atoms with Gasteiger partial charge in [0.25, 0.3) is 0 Å². The summed E-state index contributed by atoms with van der Waals surface area (Å²) >= 11 is 0. The zero-order chi connectivity index (χ0) is 28.3. The topological polar surface area (TPSA) is 29.5 Å². The van der Waals surface area contributed by atoms with E-state index < -0.39 is 0 Å². The number of nitrogens with zero attached hydrogens (tertiary/aromatic N) is 1. The Labute approximate surface area is 247 Å². The molecule has 0 saturated carbocycles. The molecule has 0 radical (unpaired) electrons. The highest BCUT2D eigenvalue weighted by Gasteiger charge is 2.21. The minimum Gasteiger partial charge on any atom is -0.456 e. The van der Waals surface area contributed by atoms with Crippen molar-refractivity contribution in [1.82, 2.24) is 0 Å². The lowest BCUT2D eigenvalue weighted by Crippen LogP contribution is -2.11. The maximum Gasteiger partial charge on any atom is 0.137 e. The van der Waals surface area contributed by atoms with Gasteiger partial charge in [0.05, 0.1) is 5.69 Å². The van der Waals surface area contributed by atoms with E-state index in [4.69, 9.17) is 8.83 Å². The first kappa shape index (κ1) is 23.9. The van der Waals surface area contributed by atoms with Crippen LogP contribution in [0.4, 0.5) is 17.1 Å². The minimum absolute atomic E-state index is 0.869. The van der Waals surface area contributed by atoms with Gasteiger partial charge in [-0.15, -0.1) is 0 Å². The Bertz CT molecular complexity index is 2470. The van der Waals surface area contributed by atoms with Gasteiger partial charge in [-0.05, 0) is 59.5 Å². The summed E-state index contributed by atoms with van der Waals surface area (Å²) in [5.74, 6) is 0. The molecule has 0 aliphatic carbocycles. The van der Waals surface area contributed by atoms with Crippen molar-refractivity contribution in [2.45, 2.75) is 0 Å². The van der Waals surface area contributed by atoms with Crippen molar-refractivity contribution in [2.75, 3.05) is 4.90 Å². The zero-order valence-electron chi connectivity index (χ0n) is 23.2. The molecule has 0 N–H and O–H groups in total. The molecule has 3 heteroatoms. The number of fused-ring (bicyclic) bond motifs is 8. The molecule has 0 spiro atoms. The lowest BCUT2D eigenvalue weighted by molar-refractivity contribution is 0.668. The summed E-state index contributed by atoms with van der Waals surface area (Å²) in [5, 5.41) is 6.89. The van der Waals surface area contributed by atoms with E-state index in [1.54, 1.807) is 0 Å². The maximum absolute atomic E-state index is 6.33. The van der Waals surface area contributed by atoms with Gasteiger partial charge >= 0.3 is 0 Å². The predicted molar refractivity (Wildman–Crippen MR) is 179 cm³/mol. The third-order valence-corrected chi connectivity index (χ3v) is 8.45. The van der Waals surface area contributed by atoms with Crippen LogP contribution in [0, 0.1) is 0 Å². The Morgan fingerprint density at radius 2 is 1.05 bits per heavy atom. The number of hydrogen-bond donors (Lipinski definition) is 0. The van der Waals surface area contributed by atoms with Gasteiger partial charge in [-0.25, -0.2) is 0 Å². The Kier molecular flexibility index (Phi) is 5.20. The molecule has 202 valence electrons. The van der Waals surface area contributed by atoms with Crippen LogP contribution >= 0.6 is 0 Å². The molecule has 0 fully saturated rings. The average Bonchev–Trinajstić information content (AvgIpc) is 3.63. The molecule has 9 rings (SSSR count). The van der Waals surface area contributed by atoms with Crippen molar-refractivity contribution < 1.29 is 8.83 Å². The van der Waals surface area contributed by atoms with Crippen LogP contribution in [0.5, 0.6) is 0 Å². The number of anilines is 3. The molecular weight excluding hydrogens is 526 g/mol. The molecule has 0 amide bonds. The highest BCUT2D eigenvalue weighted by molar-refractivity contribution is 6.23. The summed E-state index contributed by atoms with van der Waals surface area (Å²) in [6, 6.07) is 53.1. The summed E-state index contributed by atoms with van der Waals surface area (Å²) in [6.07, 6.45) is 0. The Balaban J connectivity index is 1.33. The maximum atomic E-state index is 6.33. The van der Waals surface area contributed by atoms with Crippen LogP contribution in [0.1, 0.15) is 0 Å². The van der Waals surface area contributed by atoms with Crippen LogP contribution in [0.25, 0.3) is 65.8 Å². The Hall–Kier alpha value is -5.80. The average molecular weight is 552 g/mol. The second-order valence-electron chi connectivity index (χ2n) is 10.9. The van der Waals surface area contributed by atoms with Crippen molar-refractivity contribution in [3.8, 4) is 11.1 Å². The van der Waals surface area contributed by atoms with Crippen molar-refractivity contribution in [2.24, 2.45) is 0 Å². The lowest BCUT2D eigenvalue weighted by atomic mass is 9.93. The molecule has 0 bridgehead atoms. The quantitative estimate of drug-likeness (QED) is 0.218. The van der Waals surface area contributed by atoms with Gasteiger partial charge in [0, 0.05) is 49.9 Å². The van der Waals surface area contributed by atoms with Crippen LogP contribution in [-0.4, -0.2) is 0 Å². The van der Waals surface area contributed by atoms with E-state index in [0.717, 1.165) is 72.1 Å². The smallest absolute Gasteiger partial charge is 0.137 e. The van der Waals surface area contributed by atoms with E-state index in [1.807, 2.05) is 24.3 Å². The van der Waals surface area contributed by atoms with Gasteiger partial charge in [-0.3, -0.25) is 0 Å². The van der Waals surface area contributed by atoms with Gasteiger partial charge in [0.15, 0.2) is 0 Å². The zero-order valence-corrected chi connectivity index (χ0v) is 23.2. The van der Waals surface area contributed by atoms with Crippen LogP contribution < -0.4 is 4.90 Å². The predicted octanol–water partition coefficient (Wildman–Crippen LogP) is 11.8. The molecule has 0 saturated heterocycles. The fourth-order valence-corrected chi connectivity index (χ4v) is 6.57. The summed E-state index contributed by atoms with van der Waals surface area (Å²) in [6.45, 7) is 0. The highest BCUT2D eigenvalue weighted by Crippen LogP contribution is 2.46. The number of hydrogen-bond acceptors (Lipinski definition) is 3. The summed E-state index contributed by atoms with van der Waals surface area (Å²) in [4.78, 5) is 2.33. The minimum atomic E-state index is 0.869. The van der Waals surface area contributed by atoms with Gasteiger partial charge in [-0.2, -0.15) is 0 Å². The molecule has 2 aromatic heterocycles. The molecule has 2 heterocycles. The van der Waals surface area contributed by atoms with E-state index >= 15 is 0 Å². The first-order valence-corrected chi connectivity index (χ1v) is 14.5. The van der Waals surface area contributed by atoms with Gasteiger partial charge in [0.2, 0.25) is 0 Å². The Morgan fingerprint density at radius 3 is 1.93 bits per heavy atom. The van der Waals surface area contributed by atoms with Crippen molar-refractivity contribution in [1.29, 1.82) is 0 Å². The molecule has 0 aliphatic rings. The summed E-state index contributed by atoms with van der Waals surface area (Å²) in [7, 11) is 0. The molecule has 0 aliphatic heterocycles. The number of benzene rings is 7. The second-order valence-corrected chi connectivity index (χ2v) is 10.9. The third-order valence-electron chi connectivity index (χ3n) is 8.45. The molecule has 7 aromatic carbocycles. The van der Waals surface area contributed by atoms with E-state index in [2.05, 4.69) is 132 Å². The molecule has 9 aromatic rings. The highest BCUT2D eigenvalue weighted by atomic mass is 16.3. The summed E-state index contributed by atoms with van der Waals surface area (Å²) < 4.78 is 12.6. The van der Waals surface area contributed by atoms with Gasteiger partial charge in [-0.1, -0.05) is 97.1 Å². The Morgan fingerprint density at radius 1 is 0.372 bits per heavy atom. The second kappa shape index (κ2) is 9.37. The normalized spacial score (nSPS) is 11.7. The standard InChI is InChI=1S/C40H25NO2/c1-2-12-27(13-3-1)41(28-22-23-31-30-15-5-8-19-35(30)43-38(31)25-28)34-18-7-4-14-29(34)32-17-10-11-26-21-24-37-40(39(26)32)33-16-6-9-20-36(33)42-37/h1-25H. The number of rotatable bonds is 4. The van der Waals surface area contributed by atoms with Crippen molar-refractivity contribution >= 4 is 71.7 Å². The van der Waals surface area contributed by atoms with Crippen LogP contribution in [0.3, 0.4) is 0 Å². The summed E-state index contributed by atoms with van der Waals surface area (Å²) in [5.41, 5.74) is 9.06. The van der Waals surface area contributed by atoms with Crippen molar-refractivity contribution in [3.05, 3.63) is 152 Å². The van der Waals surface area contributed by atoms with Crippen LogP contribution in [0.2, 0.25) is 0 Å². The lowest BCUT2D eigenvalue weighted by Gasteiger charge is -2.28. The van der Waals surface area contributed by atoms with E-state index in [0.29, 0.717) is 0 Å². The molecular formula is C40H25NO2. The third kappa shape index (κ3) is 3.68. The number of para-hydroxylation sites is 4. The monoisotopic (exact) mass is 551 g/mol. The molecule has 3 nitrogen and oxygen atoms in total. The van der Waals surface area contributed by atoms with Crippen LogP contribution in [-0.2, 0) is 0 Å². The fourth-order valence-electron chi connectivity index (χ4n) is 6.57. The van der Waals surface area contributed by atoms with Crippen LogP contribution in [0.15, 0.2) is 160 Å². The first-order chi connectivity index (χ1) is 21.3. The SMILES string of the molecule is c1ccc(N(c2ccc3c(c2)oc2ccccc23)c2ccccc2-c2cccc3ccc4oc5ccccc5c4c23)cc1. The fraction of sp³-hybridized carbons (Fsp3) is 0. The van der Waals surface area contributed by atoms with E-state index in [9.17, 15) is 0 Å². The van der Waals surface area contributed by atoms with Gasteiger partial charge in [0.1, 0.15) is 22.3 Å². The molecule has 43 heavy (non-hydrogen) atoms.